The molecule has 4 heteroatoms. The first-order valence-electron chi connectivity index (χ1n) is 7.54. The maximum atomic E-state index is 12.5. The molecule has 0 fully saturated rings. The highest BCUT2D eigenvalue weighted by molar-refractivity contribution is 7.92. The Morgan fingerprint density at radius 2 is 1.55 bits per heavy atom. The van der Waals surface area contributed by atoms with Crippen molar-refractivity contribution >= 4 is 15.7 Å². The van der Waals surface area contributed by atoms with Crippen molar-refractivity contribution in [3.05, 3.63) is 59.2 Å². The minimum absolute atomic E-state index is 0.294. The molecule has 0 aliphatic rings. The second-order valence-corrected chi connectivity index (χ2v) is 7.43. The van der Waals surface area contributed by atoms with Gasteiger partial charge in [-0.25, -0.2) is 8.42 Å². The van der Waals surface area contributed by atoms with Crippen molar-refractivity contribution in [2.24, 2.45) is 0 Å². The van der Waals surface area contributed by atoms with Gasteiger partial charge in [-0.05, 0) is 55.0 Å². The van der Waals surface area contributed by atoms with Crippen LogP contribution in [0.5, 0.6) is 0 Å². The lowest BCUT2D eigenvalue weighted by atomic mass is 9.99. The summed E-state index contributed by atoms with van der Waals surface area (Å²) in [6.07, 6.45) is 1.03. The molecular formula is C18H23NO2S. The van der Waals surface area contributed by atoms with Crippen LogP contribution in [0.4, 0.5) is 5.69 Å². The first-order chi connectivity index (χ1) is 10.3. The first-order valence-corrected chi connectivity index (χ1v) is 9.02. The number of rotatable bonds is 5. The number of aryl methyl sites for hydroxylation is 2. The monoisotopic (exact) mass is 317 g/mol. The lowest BCUT2D eigenvalue weighted by molar-refractivity contribution is 0.601. The highest BCUT2D eigenvalue weighted by atomic mass is 32.2. The fourth-order valence-electron chi connectivity index (χ4n) is 2.38. The van der Waals surface area contributed by atoms with Gasteiger partial charge in [0.2, 0.25) is 0 Å². The Balaban J connectivity index is 2.31. The Labute approximate surface area is 133 Å². The maximum absolute atomic E-state index is 12.5. The van der Waals surface area contributed by atoms with Crippen LogP contribution in [0, 0.1) is 13.8 Å². The highest BCUT2D eigenvalue weighted by Crippen LogP contribution is 2.25. The number of benzene rings is 2. The van der Waals surface area contributed by atoms with Crippen LogP contribution in [0.2, 0.25) is 0 Å². The van der Waals surface area contributed by atoms with Crippen LogP contribution in [0.3, 0.4) is 0 Å². The van der Waals surface area contributed by atoms with Crippen LogP contribution >= 0.6 is 0 Å². The summed E-state index contributed by atoms with van der Waals surface area (Å²) < 4.78 is 27.8. The molecule has 0 saturated carbocycles. The van der Waals surface area contributed by atoms with E-state index < -0.39 is 10.0 Å². The number of sulfonamides is 1. The number of hydrogen-bond acceptors (Lipinski definition) is 2. The van der Waals surface area contributed by atoms with E-state index in [0.717, 1.165) is 23.1 Å². The minimum Gasteiger partial charge on any atom is -0.279 e. The topological polar surface area (TPSA) is 46.2 Å². The van der Waals surface area contributed by atoms with Crippen LogP contribution < -0.4 is 4.72 Å². The molecule has 1 N–H and O–H groups in total. The third-order valence-corrected chi connectivity index (χ3v) is 5.45. The molecule has 2 aromatic carbocycles. The summed E-state index contributed by atoms with van der Waals surface area (Å²) in [7, 11) is -3.56. The minimum atomic E-state index is -3.56. The number of para-hydroxylation sites is 1. The molecule has 1 atom stereocenters. The second kappa shape index (κ2) is 6.53. The van der Waals surface area contributed by atoms with Crippen molar-refractivity contribution in [3.8, 4) is 0 Å². The Hall–Kier alpha value is -1.81. The molecular weight excluding hydrogens is 294 g/mol. The van der Waals surface area contributed by atoms with Gasteiger partial charge in [0.15, 0.2) is 0 Å². The summed E-state index contributed by atoms with van der Waals surface area (Å²) in [6.45, 7) is 8.06. The van der Waals surface area contributed by atoms with Crippen LogP contribution in [-0.2, 0) is 10.0 Å². The van der Waals surface area contributed by atoms with Crippen molar-refractivity contribution in [2.45, 2.75) is 44.9 Å². The molecule has 0 heterocycles. The van der Waals surface area contributed by atoms with Gasteiger partial charge >= 0.3 is 0 Å². The SMILES string of the molecule is CCC(C)c1ccc(S(=O)(=O)Nc2c(C)cccc2C)cc1. The average molecular weight is 317 g/mol. The summed E-state index contributed by atoms with van der Waals surface area (Å²) in [4.78, 5) is 0.294. The summed E-state index contributed by atoms with van der Waals surface area (Å²) in [5, 5.41) is 0. The Kier molecular flexibility index (Phi) is 4.91. The predicted molar refractivity (Wildman–Crippen MR) is 91.9 cm³/mol. The fourth-order valence-corrected chi connectivity index (χ4v) is 3.58. The molecule has 118 valence electrons. The van der Waals surface area contributed by atoms with Crippen LogP contribution in [0.1, 0.15) is 42.9 Å². The normalized spacial score (nSPS) is 12.9. The number of hydrogen-bond donors (Lipinski definition) is 1. The fraction of sp³-hybridized carbons (Fsp3) is 0.333. The molecule has 2 aromatic rings. The Bertz CT molecular complexity index is 729. The molecule has 0 spiro atoms. The maximum Gasteiger partial charge on any atom is 0.261 e. The van der Waals surface area contributed by atoms with Crippen molar-refractivity contribution in [1.82, 2.24) is 0 Å². The molecule has 0 amide bonds. The molecule has 3 nitrogen and oxygen atoms in total. The first kappa shape index (κ1) is 16.6. The van der Waals surface area contributed by atoms with Gasteiger partial charge in [-0.1, -0.05) is 44.2 Å². The molecule has 0 radical (unpaired) electrons. The Morgan fingerprint density at radius 3 is 2.05 bits per heavy atom. The zero-order valence-corrected chi connectivity index (χ0v) is 14.4. The van der Waals surface area contributed by atoms with E-state index in [1.54, 1.807) is 12.1 Å². The zero-order valence-electron chi connectivity index (χ0n) is 13.6. The average Bonchev–Trinajstić information content (AvgIpc) is 2.50. The van der Waals surface area contributed by atoms with Crippen molar-refractivity contribution in [1.29, 1.82) is 0 Å². The zero-order chi connectivity index (χ0) is 16.3. The van der Waals surface area contributed by atoms with Gasteiger partial charge in [-0.2, -0.15) is 0 Å². The number of nitrogens with one attached hydrogen (secondary N) is 1. The molecule has 0 aliphatic carbocycles. The highest BCUT2D eigenvalue weighted by Gasteiger charge is 2.16. The summed E-state index contributed by atoms with van der Waals surface area (Å²) in [5.74, 6) is 0.434. The molecule has 0 bridgehead atoms. The van der Waals surface area contributed by atoms with E-state index in [-0.39, 0.29) is 0 Å². The van der Waals surface area contributed by atoms with Gasteiger partial charge in [0.05, 0.1) is 10.6 Å². The van der Waals surface area contributed by atoms with Gasteiger partial charge in [0.1, 0.15) is 0 Å². The van der Waals surface area contributed by atoms with E-state index >= 15 is 0 Å². The van der Waals surface area contributed by atoms with E-state index in [1.165, 1.54) is 0 Å². The molecule has 0 aliphatic heterocycles. The van der Waals surface area contributed by atoms with E-state index in [0.29, 0.717) is 16.5 Å². The largest absolute Gasteiger partial charge is 0.279 e. The predicted octanol–water partition coefficient (Wildman–Crippen LogP) is 4.62. The van der Waals surface area contributed by atoms with Crippen molar-refractivity contribution < 1.29 is 8.42 Å². The van der Waals surface area contributed by atoms with Crippen LogP contribution in [-0.4, -0.2) is 8.42 Å². The van der Waals surface area contributed by atoms with Gasteiger partial charge in [-0.15, -0.1) is 0 Å². The smallest absolute Gasteiger partial charge is 0.261 e. The second-order valence-electron chi connectivity index (χ2n) is 5.75. The molecule has 2 rings (SSSR count). The van der Waals surface area contributed by atoms with Gasteiger partial charge in [-0.3, -0.25) is 4.72 Å². The molecule has 22 heavy (non-hydrogen) atoms. The molecule has 0 aromatic heterocycles. The lowest BCUT2D eigenvalue weighted by Gasteiger charge is -2.14. The third-order valence-electron chi connectivity index (χ3n) is 4.09. The van der Waals surface area contributed by atoms with Crippen molar-refractivity contribution in [2.75, 3.05) is 4.72 Å². The quantitative estimate of drug-likeness (QED) is 0.874. The van der Waals surface area contributed by atoms with E-state index in [2.05, 4.69) is 18.6 Å². The lowest BCUT2D eigenvalue weighted by Crippen LogP contribution is -2.14. The molecule has 0 saturated heterocycles. The summed E-state index contributed by atoms with van der Waals surface area (Å²) in [5.41, 5.74) is 3.65. The number of anilines is 1. The van der Waals surface area contributed by atoms with Gasteiger partial charge in [0.25, 0.3) is 10.0 Å². The standard InChI is InChI=1S/C18H23NO2S/c1-5-13(2)16-9-11-17(12-10-16)22(20,21)19-18-14(3)7-6-8-15(18)4/h6-13,19H,5H2,1-4H3. The van der Waals surface area contributed by atoms with Gasteiger partial charge in [0, 0.05) is 0 Å². The Morgan fingerprint density at radius 1 is 1.00 bits per heavy atom. The van der Waals surface area contributed by atoms with E-state index in [4.69, 9.17) is 0 Å². The van der Waals surface area contributed by atoms with Crippen LogP contribution in [0.15, 0.2) is 47.4 Å². The third kappa shape index (κ3) is 3.50. The van der Waals surface area contributed by atoms with Crippen molar-refractivity contribution in [3.63, 3.8) is 0 Å². The summed E-state index contributed by atoms with van der Waals surface area (Å²) in [6, 6.07) is 12.9. The van der Waals surface area contributed by atoms with Gasteiger partial charge < -0.3 is 0 Å². The van der Waals surface area contributed by atoms with E-state index in [1.807, 2.05) is 44.2 Å². The summed E-state index contributed by atoms with van der Waals surface area (Å²) >= 11 is 0. The van der Waals surface area contributed by atoms with E-state index in [9.17, 15) is 8.42 Å². The van der Waals surface area contributed by atoms with Crippen LogP contribution in [0.25, 0.3) is 0 Å². The molecule has 1 unspecified atom stereocenters.